The van der Waals surface area contributed by atoms with Crippen LogP contribution in [0.25, 0.3) is 0 Å². The lowest BCUT2D eigenvalue weighted by atomic mass is 10.2. The van der Waals surface area contributed by atoms with Gasteiger partial charge in [-0.3, -0.25) is 0 Å². The van der Waals surface area contributed by atoms with Gasteiger partial charge in [-0.15, -0.1) is 0 Å². The lowest BCUT2D eigenvalue weighted by molar-refractivity contribution is 0.381. The zero-order valence-electron chi connectivity index (χ0n) is 8.25. The molecule has 90 valence electrons. The largest absolute Gasteiger partial charge is 0.379 e. The van der Waals surface area contributed by atoms with Gasteiger partial charge >= 0.3 is 0 Å². The fourth-order valence-electron chi connectivity index (χ4n) is 1.02. The van der Waals surface area contributed by atoms with Crippen LogP contribution in [-0.4, -0.2) is 12.6 Å². The summed E-state index contributed by atoms with van der Waals surface area (Å²) in [5, 5.41) is 2.07. The highest BCUT2D eigenvalue weighted by molar-refractivity contribution is 5.47. The van der Waals surface area contributed by atoms with Crippen molar-refractivity contribution in [3.05, 3.63) is 29.1 Å². The van der Waals surface area contributed by atoms with E-state index in [1.165, 1.54) is 6.92 Å². The van der Waals surface area contributed by atoms with Crippen LogP contribution in [0, 0.1) is 29.1 Å². The minimum absolute atomic E-state index is 0.113. The van der Waals surface area contributed by atoms with Gasteiger partial charge < -0.3 is 11.1 Å². The molecule has 3 N–H and O–H groups in total. The highest BCUT2D eigenvalue weighted by Gasteiger charge is 2.25. The molecule has 0 bridgehead atoms. The van der Waals surface area contributed by atoms with E-state index in [-0.39, 0.29) is 6.54 Å². The van der Waals surface area contributed by atoms with Gasteiger partial charge in [0.15, 0.2) is 23.3 Å². The number of halogens is 5. The average molecular weight is 240 g/mol. The molecule has 16 heavy (non-hydrogen) atoms. The molecular formula is C9H9F5N2. The summed E-state index contributed by atoms with van der Waals surface area (Å²) in [5.41, 5.74) is 4.22. The van der Waals surface area contributed by atoms with E-state index in [1.807, 2.05) is 0 Å². The number of hydrogen-bond acceptors (Lipinski definition) is 2. The topological polar surface area (TPSA) is 38.0 Å². The molecule has 1 rings (SSSR count). The summed E-state index contributed by atoms with van der Waals surface area (Å²) < 4.78 is 64.1. The molecule has 0 radical (unpaired) electrons. The first-order valence-corrected chi connectivity index (χ1v) is 4.37. The van der Waals surface area contributed by atoms with Gasteiger partial charge in [-0.05, 0) is 6.92 Å². The number of hydrogen-bond donors (Lipinski definition) is 2. The molecule has 1 unspecified atom stereocenters. The summed E-state index contributed by atoms with van der Waals surface area (Å²) in [5.74, 6) is -9.92. The minimum atomic E-state index is -2.18. The third-order valence-electron chi connectivity index (χ3n) is 1.81. The Bertz CT molecular complexity index is 376. The van der Waals surface area contributed by atoms with E-state index in [4.69, 9.17) is 5.73 Å². The van der Waals surface area contributed by atoms with Crippen molar-refractivity contribution in [2.45, 2.75) is 13.0 Å². The van der Waals surface area contributed by atoms with Crippen LogP contribution in [-0.2, 0) is 0 Å². The first kappa shape index (κ1) is 12.7. The van der Waals surface area contributed by atoms with E-state index in [0.29, 0.717) is 0 Å². The van der Waals surface area contributed by atoms with E-state index in [9.17, 15) is 22.0 Å². The number of nitrogens with one attached hydrogen (secondary N) is 1. The van der Waals surface area contributed by atoms with Crippen molar-refractivity contribution in [2.24, 2.45) is 5.73 Å². The van der Waals surface area contributed by atoms with Crippen molar-refractivity contribution < 1.29 is 22.0 Å². The number of anilines is 1. The Kier molecular flexibility index (Phi) is 3.69. The van der Waals surface area contributed by atoms with Crippen molar-refractivity contribution in [3.8, 4) is 0 Å². The minimum Gasteiger partial charge on any atom is -0.379 e. The predicted molar refractivity (Wildman–Crippen MR) is 48.4 cm³/mol. The van der Waals surface area contributed by atoms with Gasteiger partial charge in [0.25, 0.3) is 0 Å². The van der Waals surface area contributed by atoms with Gasteiger partial charge in [-0.25, -0.2) is 22.0 Å². The smallest absolute Gasteiger partial charge is 0.200 e. The maximum absolute atomic E-state index is 13.0. The summed E-state index contributed by atoms with van der Waals surface area (Å²) in [7, 11) is 0. The number of rotatable bonds is 3. The van der Waals surface area contributed by atoms with Crippen LogP contribution in [0.4, 0.5) is 27.6 Å². The highest BCUT2D eigenvalue weighted by Crippen LogP contribution is 2.26. The molecule has 7 heteroatoms. The van der Waals surface area contributed by atoms with Crippen LogP contribution < -0.4 is 11.1 Å². The van der Waals surface area contributed by atoms with Crippen LogP contribution in [0.5, 0.6) is 0 Å². The second-order valence-electron chi connectivity index (χ2n) is 3.30. The summed E-state index contributed by atoms with van der Waals surface area (Å²) in [6.07, 6.45) is 0. The maximum Gasteiger partial charge on any atom is 0.200 e. The Labute approximate surface area is 88.2 Å². The Morgan fingerprint density at radius 1 is 0.938 bits per heavy atom. The van der Waals surface area contributed by atoms with Gasteiger partial charge in [0.2, 0.25) is 5.82 Å². The molecule has 1 atom stereocenters. The summed E-state index contributed by atoms with van der Waals surface area (Å²) in [6.45, 7) is 1.40. The van der Waals surface area contributed by atoms with E-state index in [1.54, 1.807) is 0 Å². The molecule has 0 aromatic heterocycles. The molecule has 1 aromatic rings. The van der Waals surface area contributed by atoms with Crippen LogP contribution >= 0.6 is 0 Å². The Hall–Kier alpha value is -1.37. The SMILES string of the molecule is CC(N)CNc1c(F)c(F)c(F)c(F)c1F. The van der Waals surface area contributed by atoms with Crippen molar-refractivity contribution in [1.29, 1.82) is 0 Å². The fraction of sp³-hybridized carbons (Fsp3) is 0.333. The lowest BCUT2D eigenvalue weighted by Gasteiger charge is -2.12. The molecule has 2 nitrogen and oxygen atoms in total. The number of nitrogens with two attached hydrogens (primary N) is 1. The van der Waals surface area contributed by atoms with Crippen LogP contribution in [0.3, 0.4) is 0 Å². The Morgan fingerprint density at radius 2 is 1.31 bits per heavy atom. The third-order valence-corrected chi connectivity index (χ3v) is 1.81. The number of benzene rings is 1. The van der Waals surface area contributed by atoms with Gasteiger partial charge in [0, 0.05) is 12.6 Å². The lowest BCUT2D eigenvalue weighted by Crippen LogP contribution is -2.26. The van der Waals surface area contributed by atoms with Gasteiger partial charge in [0.1, 0.15) is 5.69 Å². The second-order valence-corrected chi connectivity index (χ2v) is 3.30. The first-order chi connectivity index (χ1) is 7.36. The van der Waals surface area contributed by atoms with Crippen LogP contribution in [0.15, 0.2) is 0 Å². The van der Waals surface area contributed by atoms with Crippen molar-refractivity contribution >= 4 is 5.69 Å². The molecule has 0 amide bonds. The summed E-state index contributed by atoms with van der Waals surface area (Å²) in [4.78, 5) is 0. The molecule has 0 spiro atoms. The summed E-state index contributed by atoms with van der Waals surface area (Å²) >= 11 is 0. The molecular weight excluding hydrogens is 231 g/mol. The zero-order valence-corrected chi connectivity index (χ0v) is 8.25. The Balaban J connectivity index is 3.18. The normalized spacial score (nSPS) is 12.7. The van der Waals surface area contributed by atoms with Gasteiger partial charge in [-0.1, -0.05) is 0 Å². The molecule has 0 saturated heterocycles. The van der Waals surface area contributed by atoms with Gasteiger partial charge in [-0.2, -0.15) is 0 Å². The standard InChI is InChI=1S/C9H9F5N2/c1-3(15)2-16-9-7(13)5(11)4(10)6(12)8(9)14/h3,16H,2,15H2,1H3. The molecule has 0 aliphatic carbocycles. The predicted octanol–water partition coefficient (Wildman–Crippen LogP) is 2.14. The van der Waals surface area contributed by atoms with Crippen molar-refractivity contribution in [2.75, 3.05) is 11.9 Å². The van der Waals surface area contributed by atoms with Crippen molar-refractivity contribution in [3.63, 3.8) is 0 Å². The Morgan fingerprint density at radius 3 is 1.69 bits per heavy atom. The van der Waals surface area contributed by atoms with Crippen molar-refractivity contribution in [1.82, 2.24) is 0 Å². The summed E-state index contributed by atoms with van der Waals surface area (Å²) in [6, 6.07) is -0.491. The molecule has 0 fully saturated rings. The van der Waals surface area contributed by atoms with Crippen LogP contribution in [0.2, 0.25) is 0 Å². The first-order valence-electron chi connectivity index (χ1n) is 4.37. The molecule has 0 aliphatic heterocycles. The van der Waals surface area contributed by atoms with E-state index >= 15 is 0 Å². The second kappa shape index (κ2) is 4.65. The molecule has 0 aliphatic rings. The van der Waals surface area contributed by atoms with E-state index in [0.717, 1.165) is 0 Å². The maximum atomic E-state index is 13.0. The third kappa shape index (κ3) is 2.24. The van der Waals surface area contributed by atoms with E-state index < -0.39 is 40.8 Å². The molecule has 1 aromatic carbocycles. The average Bonchev–Trinajstić information content (AvgIpc) is 2.23. The fourth-order valence-corrected chi connectivity index (χ4v) is 1.02. The van der Waals surface area contributed by atoms with E-state index in [2.05, 4.69) is 5.32 Å². The van der Waals surface area contributed by atoms with Gasteiger partial charge in [0.05, 0.1) is 0 Å². The zero-order chi connectivity index (χ0) is 12.5. The molecule has 0 heterocycles. The van der Waals surface area contributed by atoms with Crippen LogP contribution in [0.1, 0.15) is 6.92 Å². The quantitative estimate of drug-likeness (QED) is 0.482. The molecule has 0 saturated carbocycles. The highest BCUT2D eigenvalue weighted by atomic mass is 19.2. The monoisotopic (exact) mass is 240 g/mol.